The Morgan fingerprint density at radius 3 is 1.71 bits per heavy atom. The highest BCUT2D eigenvalue weighted by Gasteiger charge is 2.11. The summed E-state index contributed by atoms with van der Waals surface area (Å²) in [6.45, 7) is 3.36. The number of unbranched alkanes of at least 4 members (excludes halogenated alkanes) is 13. The Morgan fingerprint density at radius 1 is 0.686 bits per heavy atom. The zero-order valence-corrected chi connectivity index (χ0v) is 23.1. The monoisotopic (exact) mass is 477 g/mol. The molecule has 35 heavy (non-hydrogen) atoms. The van der Waals surface area contributed by atoms with Gasteiger partial charge < -0.3 is 4.90 Å². The van der Waals surface area contributed by atoms with Gasteiger partial charge in [0.25, 0.3) is 0 Å². The first-order valence-corrected chi connectivity index (χ1v) is 14.6. The van der Waals surface area contributed by atoms with Crippen LogP contribution in [0.15, 0.2) is 60.9 Å². The van der Waals surface area contributed by atoms with E-state index in [-0.39, 0.29) is 0 Å². The zero-order valence-electron chi connectivity index (χ0n) is 23.1. The SMILES string of the molecule is CCCCCCCCCCCCCCCCC(C=Cc1ccc(N(C)C)cc1)C[n+]1ccccc1. The van der Waals surface area contributed by atoms with Crippen molar-refractivity contribution in [1.82, 2.24) is 0 Å². The molecule has 1 unspecified atom stereocenters. The summed E-state index contributed by atoms with van der Waals surface area (Å²) in [4.78, 5) is 2.15. The third-order valence-electron chi connectivity index (χ3n) is 7.12. The quantitative estimate of drug-likeness (QED) is 0.136. The van der Waals surface area contributed by atoms with Crippen LogP contribution in [0.3, 0.4) is 0 Å². The molecule has 0 spiro atoms. The van der Waals surface area contributed by atoms with Gasteiger partial charge >= 0.3 is 0 Å². The highest BCUT2D eigenvalue weighted by Crippen LogP contribution is 2.18. The molecular weight excluding hydrogens is 424 g/mol. The molecule has 0 saturated heterocycles. The van der Waals surface area contributed by atoms with Crippen molar-refractivity contribution in [2.45, 2.75) is 110 Å². The number of allylic oxidation sites excluding steroid dienone is 1. The number of benzene rings is 1. The number of rotatable bonds is 20. The molecule has 1 aromatic carbocycles. The van der Waals surface area contributed by atoms with Gasteiger partial charge in [0.15, 0.2) is 18.9 Å². The first-order chi connectivity index (χ1) is 17.2. The van der Waals surface area contributed by atoms with E-state index in [9.17, 15) is 0 Å². The number of aromatic nitrogens is 1. The molecule has 0 bridgehead atoms. The van der Waals surface area contributed by atoms with Crippen molar-refractivity contribution in [3.8, 4) is 0 Å². The predicted molar refractivity (Wildman–Crippen MR) is 155 cm³/mol. The van der Waals surface area contributed by atoms with Gasteiger partial charge in [-0.25, -0.2) is 4.57 Å². The fraction of sp³-hybridized carbons (Fsp3) is 0.606. The van der Waals surface area contributed by atoms with E-state index in [2.05, 4.69) is 97.5 Å². The molecule has 0 aliphatic carbocycles. The van der Waals surface area contributed by atoms with E-state index < -0.39 is 0 Å². The average Bonchev–Trinajstić information content (AvgIpc) is 2.88. The Morgan fingerprint density at radius 2 is 1.20 bits per heavy atom. The Hall–Kier alpha value is -2.09. The molecule has 0 aliphatic rings. The van der Waals surface area contributed by atoms with Crippen LogP contribution in [0.4, 0.5) is 5.69 Å². The number of anilines is 1. The fourth-order valence-electron chi connectivity index (χ4n) is 4.81. The molecule has 0 amide bonds. The Kier molecular flexibility index (Phi) is 15.9. The Balaban J connectivity index is 1.64. The summed E-state index contributed by atoms with van der Waals surface area (Å²) in [5.41, 5.74) is 2.54. The van der Waals surface area contributed by atoms with E-state index in [4.69, 9.17) is 0 Å². The topological polar surface area (TPSA) is 7.12 Å². The average molecular weight is 478 g/mol. The molecule has 0 aliphatic heterocycles. The summed E-state index contributed by atoms with van der Waals surface area (Å²) >= 11 is 0. The molecule has 2 rings (SSSR count). The van der Waals surface area contributed by atoms with Gasteiger partial charge in [-0.05, 0) is 24.1 Å². The lowest BCUT2D eigenvalue weighted by Crippen LogP contribution is -2.36. The lowest BCUT2D eigenvalue weighted by atomic mass is 9.98. The largest absolute Gasteiger partial charge is 0.378 e. The number of hydrogen-bond donors (Lipinski definition) is 0. The Labute approximate surface area is 217 Å². The molecule has 0 fully saturated rings. The molecule has 1 heterocycles. The van der Waals surface area contributed by atoms with Gasteiger partial charge in [0.1, 0.15) is 0 Å². The number of nitrogens with zero attached hydrogens (tertiary/aromatic N) is 2. The molecule has 0 radical (unpaired) electrons. The first-order valence-electron chi connectivity index (χ1n) is 14.6. The number of pyridine rings is 1. The van der Waals surface area contributed by atoms with E-state index >= 15 is 0 Å². The molecule has 194 valence electrons. The van der Waals surface area contributed by atoms with Gasteiger partial charge in [-0.3, -0.25) is 0 Å². The van der Waals surface area contributed by atoms with Crippen LogP contribution in [0.1, 0.15) is 109 Å². The van der Waals surface area contributed by atoms with E-state index in [1.807, 2.05) is 0 Å². The van der Waals surface area contributed by atoms with Crippen LogP contribution >= 0.6 is 0 Å². The van der Waals surface area contributed by atoms with Crippen LogP contribution in [0, 0.1) is 5.92 Å². The van der Waals surface area contributed by atoms with Crippen molar-refractivity contribution in [3.63, 3.8) is 0 Å². The molecule has 2 nitrogen and oxygen atoms in total. The van der Waals surface area contributed by atoms with E-state index in [1.165, 1.54) is 108 Å². The normalized spacial score (nSPS) is 12.3. The third kappa shape index (κ3) is 14.2. The van der Waals surface area contributed by atoms with Crippen molar-refractivity contribution in [1.29, 1.82) is 0 Å². The summed E-state index contributed by atoms with van der Waals surface area (Å²) in [6.07, 6.45) is 30.3. The van der Waals surface area contributed by atoms with Gasteiger partial charge in [-0.2, -0.15) is 0 Å². The van der Waals surface area contributed by atoms with Crippen molar-refractivity contribution in [3.05, 3.63) is 66.5 Å². The van der Waals surface area contributed by atoms with Crippen LogP contribution in [-0.4, -0.2) is 14.1 Å². The zero-order chi connectivity index (χ0) is 25.0. The van der Waals surface area contributed by atoms with Crippen LogP contribution in [0.5, 0.6) is 0 Å². The number of hydrogen-bond acceptors (Lipinski definition) is 1. The first kappa shape index (κ1) is 29.1. The van der Waals surface area contributed by atoms with Gasteiger partial charge in [0.2, 0.25) is 0 Å². The molecule has 0 saturated carbocycles. The fourth-order valence-corrected chi connectivity index (χ4v) is 4.81. The van der Waals surface area contributed by atoms with Gasteiger partial charge in [-0.15, -0.1) is 0 Å². The minimum atomic E-state index is 0.577. The predicted octanol–water partition coefficient (Wildman–Crippen LogP) is 9.24. The molecular formula is C33H53N2+. The second-order valence-electron chi connectivity index (χ2n) is 10.6. The molecule has 2 aromatic rings. The van der Waals surface area contributed by atoms with Crippen molar-refractivity contribution in [2.24, 2.45) is 5.92 Å². The minimum absolute atomic E-state index is 0.577. The van der Waals surface area contributed by atoms with Gasteiger partial charge in [0.05, 0.1) is 0 Å². The van der Waals surface area contributed by atoms with Crippen molar-refractivity contribution in [2.75, 3.05) is 19.0 Å². The van der Waals surface area contributed by atoms with Gasteiger partial charge in [-0.1, -0.05) is 127 Å². The highest BCUT2D eigenvalue weighted by molar-refractivity contribution is 5.55. The molecule has 1 atom stereocenters. The van der Waals surface area contributed by atoms with Crippen molar-refractivity contribution < 1.29 is 4.57 Å². The molecule has 2 heteroatoms. The van der Waals surface area contributed by atoms with Crippen LogP contribution < -0.4 is 9.47 Å². The lowest BCUT2D eigenvalue weighted by Gasteiger charge is -2.12. The maximum absolute atomic E-state index is 2.44. The summed E-state index contributed by atoms with van der Waals surface area (Å²) in [6, 6.07) is 15.2. The summed E-state index contributed by atoms with van der Waals surface area (Å²) in [7, 11) is 4.18. The second-order valence-corrected chi connectivity index (χ2v) is 10.6. The van der Waals surface area contributed by atoms with Crippen LogP contribution in [0.25, 0.3) is 6.08 Å². The smallest absolute Gasteiger partial charge is 0.168 e. The molecule has 1 aromatic heterocycles. The summed E-state index contributed by atoms with van der Waals surface area (Å²) in [5.74, 6) is 0.577. The summed E-state index contributed by atoms with van der Waals surface area (Å²) < 4.78 is 2.33. The van der Waals surface area contributed by atoms with E-state index in [0.29, 0.717) is 5.92 Å². The highest BCUT2D eigenvalue weighted by atomic mass is 15.1. The summed E-state index contributed by atoms with van der Waals surface area (Å²) in [5, 5.41) is 0. The maximum atomic E-state index is 2.44. The maximum Gasteiger partial charge on any atom is 0.168 e. The third-order valence-corrected chi connectivity index (χ3v) is 7.12. The molecule has 0 N–H and O–H groups in total. The standard InChI is InChI=1S/C33H53N2/c1-4-5-6-7-8-9-10-11-12-13-14-15-16-18-21-32(30-35-28-19-17-20-29-35)23-22-31-24-26-33(27-25-31)34(2)3/h17,19-20,22-29,32H,4-16,18,21,30H2,1-3H3/q+1. The van der Waals surface area contributed by atoms with Crippen LogP contribution in [-0.2, 0) is 6.54 Å². The van der Waals surface area contributed by atoms with Crippen molar-refractivity contribution >= 4 is 11.8 Å². The lowest BCUT2D eigenvalue weighted by molar-refractivity contribution is -0.701. The Bertz CT molecular complexity index is 763. The second kappa shape index (κ2) is 19.1. The van der Waals surface area contributed by atoms with Gasteiger partial charge in [0, 0.05) is 37.8 Å². The van der Waals surface area contributed by atoms with Crippen LogP contribution in [0.2, 0.25) is 0 Å². The van der Waals surface area contributed by atoms with E-state index in [0.717, 1.165) is 6.54 Å². The minimum Gasteiger partial charge on any atom is -0.378 e. The van der Waals surface area contributed by atoms with E-state index in [1.54, 1.807) is 0 Å².